The van der Waals surface area contributed by atoms with Crippen LogP contribution >= 0.6 is 0 Å². The van der Waals surface area contributed by atoms with Crippen molar-refractivity contribution in [3.63, 3.8) is 0 Å². The molecule has 0 rings (SSSR count). The average Bonchev–Trinajstić information content (AvgIpc) is 0.811. The van der Waals surface area contributed by atoms with Crippen molar-refractivity contribution in [1.82, 2.24) is 0 Å². The third kappa shape index (κ3) is 286. The first kappa shape index (κ1) is 8.99. The summed E-state index contributed by atoms with van der Waals surface area (Å²) in [5.74, 6) is 0. The summed E-state index contributed by atoms with van der Waals surface area (Å²) in [4.78, 5) is 0. The zero-order valence-electron chi connectivity index (χ0n) is 1.96. The minimum Gasteiger partial charge on any atom is -1.00 e. The Morgan fingerprint density at radius 3 is 1.00 bits per heavy atom. The minimum absolute atomic E-state index is 0. The standard InChI is InChI=1S/AsF3.FH/c2-1(3)4;/h;1H/q+1;/p-1. The van der Waals surface area contributed by atoms with Gasteiger partial charge in [-0.2, -0.15) is 0 Å². The number of rotatable bonds is 0. The summed E-state index contributed by atoms with van der Waals surface area (Å²) in [6.45, 7) is 0. The molecule has 0 aromatic rings. The Hall–Kier alpha value is 0.278. The van der Waals surface area contributed by atoms with Gasteiger partial charge in [0.05, 0.1) is 0 Å². The fraction of sp³-hybridized carbons (Fsp3) is 0. The van der Waals surface area contributed by atoms with Crippen molar-refractivity contribution >= 4 is 16.1 Å². The summed E-state index contributed by atoms with van der Waals surface area (Å²) >= 11 is -4.69. The molecule has 0 aliphatic heterocycles. The SMILES string of the molecule is F[As+](F)F.[F-]. The van der Waals surface area contributed by atoms with Gasteiger partial charge in [-0.1, -0.05) is 0 Å². The monoisotopic (exact) mass is 151 g/mol. The molecule has 0 nitrogen and oxygen atoms in total. The fourth-order valence-electron chi connectivity index (χ4n) is 0. The van der Waals surface area contributed by atoms with Crippen LogP contribution in [0.4, 0.5) is 10.4 Å². The van der Waals surface area contributed by atoms with E-state index in [2.05, 4.69) is 0 Å². The number of hydrogen-bond donors (Lipinski definition) is 0. The molecule has 0 aliphatic rings. The first-order valence-electron chi connectivity index (χ1n) is 0.507. The number of hydrogen-bond acceptors (Lipinski definition) is 0. The molecule has 5 heavy (non-hydrogen) atoms. The minimum atomic E-state index is -4.69. The molecule has 33 valence electrons. The Kier molecular flexibility index (Phi) is 7.69. The maximum absolute atomic E-state index is 9.81. The third-order valence-electron chi connectivity index (χ3n) is 0. The molecule has 0 N–H and O–H groups in total. The van der Waals surface area contributed by atoms with E-state index in [1.807, 2.05) is 0 Å². The van der Waals surface area contributed by atoms with Crippen LogP contribution in [-0.2, 0) is 0 Å². The maximum Gasteiger partial charge on any atom is -1.00 e. The van der Waals surface area contributed by atoms with Gasteiger partial charge >= 0.3 is 26.5 Å². The molecular weight excluding hydrogens is 151 g/mol. The molecule has 0 aromatic carbocycles. The van der Waals surface area contributed by atoms with Crippen molar-refractivity contribution < 1.29 is 15.1 Å². The van der Waals surface area contributed by atoms with E-state index in [9.17, 15) is 10.4 Å². The van der Waals surface area contributed by atoms with Gasteiger partial charge in [0.15, 0.2) is 0 Å². The zero-order valence-corrected chi connectivity index (χ0v) is 3.84. The van der Waals surface area contributed by atoms with Crippen molar-refractivity contribution in [2.45, 2.75) is 0 Å². The second-order valence-electron chi connectivity index (χ2n) is 0.192. The molecule has 1 radical (unpaired) electrons. The van der Waals surface area contributed by atoms with Gasteiger partial charge in [-0.3, -0.25) is 0 Å². The van der Waals surface area contributed by atoms with E-state index < -0.39 is 16.1 Å². The first-order valence-corrected chi connectivity index (χ1v) is 2.63. The largest absolute Gasteiger partial charge is 1.00 e. The molecule has 0 aromatic heterocycles. The Morgan fingerprint density at radius 1 is 1.00 bits per heavy atom. The molecule has 0 fully saturated rings. The Labute approximate surface area is 32.1 Å². The van der Waals surface area contributed by atoms with Crippen LogP contribution in [0, 0.1) is 0 Å². The molecule has 0 heterocycles. The van der Waals surface area contributed by atoms with Gasteiger partial charge in [0.25, 0.3) is 0 Å². The maximum atomic E-state index is 9.81. The summed E-state index contributed by atoms with van der Waals surface area (Å²) in [6, 6.07) is 0. The van der Waals surface area contributed by atoms with E-state index in [4.69, 9.17) is 0 Å². The van der Waals surface area contributed by atoms with Crippen LogP contribution in [0.3, 0.4) is 0 Å². The number of halogens is 4. The van der Waals surface area contributed by atoms with E-state index in [-0.39, 0.29) is 4.70 Å². The van der Waals surface area contributed by atoms with E-state index in [0.717, 1.165) is 0 Å². The quantitative estimate of drug-likeness (QED) is 0.274. The zero-order chi connectivity index (χ0) is 3.58. The Balaban J connectivity index is 0. The summed E-state index contributed by atoms with van der Waals surface area (Å²) in [5.41, 5.74) is 0. The van der Waals surface area contributed by atoms with Crippen LogP contribution in [0.1, 0.15) is 0 Å². The van der Waals surface area contributed by atoms with Crippen molar-refractivity contribution in [1.29, 1.82) is 0 Å². The van der Waals surface area contributed by atoms with Gasteiger partial charge in [-0.05, 0) is 0 Å². The van der Waals surface area contributed by atoms with Crippen LogP contribution in [0.15, 0.2) is 0 Å². The molecule has 0 spiro atoms. The van der Waals surface area contributed by atoms with Gasteiger partial charge in [-0.25, -0.2) is 0 Å². The van der Waals surface area contributed by atoms with Crippen molar-refractivity contribution in [2.75, 3.05) is 0 Å². The second kappa shape index (κ2) is 4.28. The molecule has 5 heteroatoms. The molecule has 0 saturated heterocycles. The third-order valence-corrected chi connectivity index (χ3v) is 0. The summed E-state index contributed by atoms with van der Waals surface area (Å²) in [5, 5.41) is 0. The smallest absolute Gasteiger partial charge is 1.00 e. The summed E-state index contributed by atoms with van der Waals surface area (Å²) in [7, 11) is 0. The van der Waals surface area contributed by atoms with Crippen LogP contribution in [0.5, 0.6) is 0 Å². The van der Waals surface area contributed by atoms with E-state index in [1.54, 1.807) is 0 Å². The van der Waals surface area contributed by atoms with Crippen LogP contribution in [0.2, 0.25) is 0 Å². The second-order valence-corrected chi connectivity index (χ2v) is 0.996. The average molecular weight is 151 g/mol. The van der Waals surface area contributed by atoms with Gasteiger partial charge in [0, 0.05) is 0 Å². The van der Waals surface area contributed by atoms with E-state index in [0.29, 0.717) is 0 Å². The normalized spacial score (nSPS) is 7.20. The van der Waals surface area contributed by atoms with Crippen molar-refractivity contribution in [3.8, 4) is 0 Å². The predicted octanol–water partition coefficient (Wildman–Crippen LogP) is -2.12. The van der Waals surface area contributed by atoms with Crippen molar-refractivity contribution in [3.05, 3.63) is 0 Å². The van der Waals surface area contributed by atoms with Crippen LogP contribution in [0.25, 0.3) is 0 Å². The molecular formula is AsF4. The van der Waals surface area contributed by atoms with E-state index in [1.165, 1.54) is 0 Å². The predicted molar refractivity (Wildman–Crippen MR) is 9.08 cm³/mol. The Bertz CT molecular complexity index is 8.36. The van der Waals surface area contributed by atoms with Gasteiger partial charge in [-0.15, -0.1) is 0 Å². The van der Waals surface area contributed by atoms with Crippen LogP contribution in [-0.4, -0.2) is 16.1 Å². The molecule has 0 atom stereocenters. The molecule has 0 bridgehead atoms. The van der Waals surface area contributed by atoms with Crippen LogP contribution < -0.4 is 4.70 Å². The van der Waals surface area contributed by atoms with Gasteiger partial charge in [0.1, 0.15) is 0 Å². The Morgan fingerprint density at radius 2 is 1.00 bits per heavy atom. The van der Waals surface area contributed by atoms with Gasteiger partial charge < -0.3 is 4.70 Å². The van der Waals surface area contributed by atoms with Crippen molar-refractivity contribution in [2.24, 2.45) is 0 Å². The fourth-order valence-corrected chi connectivity index (χ4v) is 0. The molecule has 0 saturated carbocycles. The summed E-state index contributed by atoms with van der Waals surface area (Å²) < 4.78 is 29.4. The first-order chi connectivity index (χ1) is 1.73. The summed E-state index contributed by atoms with van der Waals surface area (Å²) in [6.07, 6.45) is 0. The molecule has 0 aliphatic carbocycles. The van der Waals surface area contributed by atoms with Gasteiger partial charge in [0.2, 0.25) is 0 Å². The molecule has 0 unspecified atom stereocenters. The molecule has 0 amide bonds. The van der Waals surface area contributed by atoms with E-state index >= 15 is 0 Å². The topological polar surface area (TPSA) is 0 Å².